The fourth-order valence-corrected chi connectivity index (χ4v) is 2.61. The zero-order valence-electron chi connectivity index (χ0n) is 14.9. The number of carbonyl (C=O) groups excluding carboxylic acids is 1. The maximum atomic E-state index is 12.2. The number of methoxy groups -OCH3 is 1. The number of carbonyl (C=O) groups is 1. The molecule has 1 N–H and O–H groups in total. The van der Waals surface area contributed by atoms with Crippen LogP contribution in [0.3, 0.4) is 0 Å². The Morgan fingerprint density at radius 3 is 2.81 bits per heavy atom. The lowest BCUT2D eigenvalue weighted by molar-refractivity contribution is -0.116. The molecule has 0 radical (unpaired) electrons. The number of nitrogens with one attached hydrogen (secondary N) is 1. The van der Waals surface area contributed by atoms with Gasteiger partial charge in [0.25, 0.3) is 0 Å². The highest BCUT2D eigenvalue weighted by Gasteiger charge is 2.12. The summed E-state index contributed by atoms with van der Waals surface area (Å²) in [6.45, 7) is 2.06. The molecule has 0 aliphatic heterocycles. The Morgan fingerprint density at radius 2 is 2.00 bits per heavy atom. The van der Waals surface area contributed by atoms with Crippen molar-refractivity contribution in [1.29, 1.82) is 0 Å². The highest BCUT2D eigenvalue weighted by atomic mass is 16.5. The average Bonchev–Trinajstić information content (AvgIpc) is 3.16. The average molecular weight is 351 g/mol. The number of aryl methyl sites for hydroxylation is 2. The zero-order chi connectivity index (χ0) is 18.4. The van der Waals surface area contributed by atoms with Crippen molar-refractivity contribution < 1.29 is 13.9 Å². The predicted molar refractivity (Wildman–Crippen MR) is 99.1 cm³/mol. The summed E-state index contributed by atoms with van der Waals surface area (Å²) < 4.78 is 10.9. The molecular weight excluding hydrogens is 330 g/mol. The van der Waals surface area contributed by atoms with E-state index in [1.807, 2.05) is 48.5 Å². The van der Waals surface area contributed by atoms with Crippen LogP contribution >= 0.6 is 0 Å². The molecule has 0 fully saturated rings. The lowest BCUT2D eigenvalue weighted by Gasteiger charge is -2.08. The third-order valence-corrected chi connectivity index (χ3v) is 4.02. The molecular formula is C20H21N3O3. The Bertz CT molecular complexity index is 889. The lowest BCUT2D eigenvalue weighted by Crippen LogP contribution is -2.13. The van der Waals surface area contributed by atoms with Gasteiger partial charge >= 0.3 is 0 Å². The largest absolute Gasteiger partial charge is 0.497 e. The van der Waals surface area contributed by atoms with E-state index < -0.39 is 0 Å². The Morgan fingerprint density at radius 1 is 1.15 bits per heavy atom. The second-order valence-electron chi connectivity index (χ2n) is 5.79. The maximum absolute atomic E-state index is 12.2. The summed E-state index contributed by atoms with van der Waals surface area (Å²) in [5.41, 5.74) is 2.74. The predicted octanol–water partition coefficient (Wildman–Crippen LogP) is 3.88. The number of ether oxygens (including phenoxy) is 1. The summed E-state index contributed by atoms with van der Waals surface area (Å²) in [6, 6.07) is 15.2. The lowest BCUT2D eigenvalue weighted by atomic mass is 10.1. The van der Waals surface area contributed by atoms with Gasteiger partial charge < -0.3 is 14.5 Å². The molecule has 2 aromatic carbocycles. The number of anilines is 1. The summed E-state index contributed by atoms with van der Waals surface area (Å²) >= 11 is 0. The van der Waals surface area contributed by atoms with E-state index in [4.69, 9.17) is 9.15 Å². The van der Waals surface area contributed by atoms with Gasteiger partial charge in [-0.05, 0) is 36.2 Å². The molecule has 0 spiro atoms. The van der Waals surface area contributed by atoms with E-state index in [1.165, 1.54) is 0 Å². The molecule has 0 bridgehead atoms. The molecule has 6 heteroatoms. The number of hydrogen-bond donors (Lipinski definition) is 1. The van der Waals surface area contributed by atoms with Crippen molar-refractivity contribution in [3.8, 4) is 17.2 Å². The molecule has 3 rings (SSSR count). The minimum absolute atomic E-state index is 0.0768. The zero-order valence-corrected chi connectivity index (χ0v) is 14.9. The number of nitrogens with zero attached hydrogens (tertiary/aromatic N) is 2. The van der Waals surface area contributed by atoms with Gasteiger partial charge in [0, 0.05) is 24.1 Å². The molecule has 0 saturated carbocycles. The van der Waals surface area contributed by atoms with E-state index in [1.54, 1.807) is 7.11 Å². The van der Waals surface area contributed by atoms with Crippen molar-refractivity contribution in [1.82, 2.24) is 10.2 Å². The molecule has 0 aliphatic rings. The molecule has 3 aromatic rings. The quantitative estimate of drug-likeness (QED) is 0.699. The minimum atomic E-state index is -0.0768. The molecule has 26 heavy (non-hydrogen) atoms. The van der Waals surface area contributed by atoms with Gasteiger partial charge in [0.1, 0.15) is 5.75 Å². The van der Waals surface area contributed by atoms with Gasteiger partial charge in [-0.15, -0.1) is 10.2 Å². The van der Waals surface area contributed by atoms with E-state index in [-0.39, 0.29) is 12.3 Å². The van der Waals surface area contributed by atoms with Crippen molar-refractivity contribution in [3.05, 3.63) is 60.0 Å². The van der Waals surface area contributed by atoms with Crippen LogP contribution in [0.15, 0.2) is 52.9 Å². The van der Waals surface area contributed by atoms with Crippen LogP contribution in [-0.4, -0.2) is 23.2 Å². The van der Waals surface area contributed by atoms with Crippen LogP contribution in [0.4, 0.5) is 5.69 Å². The number of para-hydroxylation sites is 1. The monoisotopic (exact) mass is 351 g/mol. The van der Waals surface area contributed by atoms with Crippen LogP contribution in [0.1, 0.15) is 24.8 Å². The van der Waals surface area contributed by atoms with E-state index in [0.717, 1.165) is 29.0 Å². The van der Waals surface area contributed by atoms with Crippen molar-refractivity contribution in [2.45, 2.75) is 26.2 Å². The van der Waals surface area contributed by atoms with Crippen LogP contribution in [0.2, 0.25) is 0 Å². The number of benzene rings is 2. The van der Waals surface area contributed by atoms with Gasteiger partial charge in [-0.2, -0.15) is 0 Å². The maximum Gasteiger partial charge on any atom is 0.247 e. The molecule has 1 amide bonds. The first-order valence-electron chi connectivity index (χ1n) is 8.54. The number of hydrogen-bond acceptors (Lipinski definition) is 5. The van der Waals surface area contributed by atoms with Crippen molar-refractivity contribution in [2.75, 3.05) is 12.4 Å². The summed E-state index contributed by atoms with van der Waals surface area (Å²) in [5, 5.41) is 11.0. The summed E-state index contributed by atoms with van der Waals surface area (Å²) in [6.07, 6.45) is 1.53. The molecule has 6 nitrogen and oxygen atoms in total. The van der Waals surface area contributed by atoms with Gasteiger partial charge in [0.15, 0.2) is 0 Å². The van der Waals surface area contributed by atoms with Gasteiger partial charge in [-0.3, -0.25) is 4.79 Å². The molecule has 0 saturated heterocycles. The second-order valence-corrected chi connectivity index (χ2v) is 5.79. The first-order chi connectivity index (χ1) is 12.7. The third-order valence-electron chi connectivity index (χ3n) is 4.02. The van der Waals surface area contributed by atoms with Crippen molar-refractivity contribution in [3.63, 3.8) is 0 Å². The first-order valence-corrected chi connectivity index (χ1v) is 8.54. The van der Waals surface area contributed by atoms with Crippen LogP contribution < -0.4 is 10.1 Å². The molecule has 1 heterocycles. The Hall–Kier alpha value is -3.15. The molecule has 1 aromatic heterocycles. The van der Waals surface area contributed by atoms with E-state index in [2.05, 4.69) is 22.4 Å². The van der Waals surface area contributed by atoms with Crippen LogP contribution in [0.25, 0.3) is 11.5 Å². The third kappa shape index (κ3) is 4.27. The second kappa shape index (κ2) is 8.29. The number of rotatable bonds is 7. The number of amides is 1. The Labute approximate surface area is 152 Å². The topological polar surface area (TPSA) is 77.2 Å². The standard InChI is InChI=1S/C20H21N3O3/c1-3-14-7-4-5-10-17(14)21-18(24)11-12-19-22-23-20(26-19)15-8-6-9-16(13-15)25-2/h4-10,13H,3,11-12H2,1-2H3,(H,21,24). The van der Waals surface area contributed by atoms with Gasteiger partial charge in [-0.25, -0.2) is 0 Å². The van der Waals surface area contributed by atoms with E-state index in [0.29, 0.717) is 18.2 Å². The minimum Gasteiger partial charge on any atom is -0.497 e. The highest BCUT2D eigenvalue weighted by molar-refractivity contribution is 5.91. The van der Waals surface area contributed by atoms with Gasteiger partial charge in [0.2, 0.25) is 17.7 Å². The summed E-state index contributed by atoms with van der Waals surface area (Å²) in [5.74, 6) is 1.49. The first kappa shape index (κ1) is 17.7. The summed E-state index contributed by atoms with van der Waals surface area (Å²) in [4.78, 5) is 12.2. The fourth-order valence-electron chi connectivity index (χ4n) is 2.61. The Balaban J connectivity index is 1.60. The molecule has 0 atom stereocenters. The molecule has 0 aliphatic carbocycles. The van der Waals surface area contributed by atoms with Crippen LogP contribution in [-0.2, 0) is 17.6 Å². The molecule has 134 valence electrons. The van der Waals surface area contributed by atoms with Gasteiger partial charge in [-0.1, -0.05) is 31.2 Å². The highest BCUT2D eigenvalue weighted by Crippen LogP contribution is 2.23. The Kier molecular flexibility index (Phi) is 5.63. The number of aromatic nitrogens is 2. The van der Waals surface area contributed by atoms with Gasteiger partial charge in [0.05, 0.1) is 7.11 Å². The SMILES string of the molecule is CCc1ccccc1NC(=O)CCc1nnc(-c2cccc(OC)c2)o1. The van der Waals surface area contributed by atoms with Crippen molar-refractivity contribution >= 4 is 11.6 Å². The van der Waals surface area contributed by atoms with E-state index >= 15 is 0 Å². The van der Waals surface area contributed by atoms with Crippen LogP contribution in [0, 0.1) is 0 Å². The van der Waals surface area contributed by atoms with Crippen molar-refractivity contribution in [2.24, 2.45) is 0 Å². The fraction of sp³-hybridized carbons (Fsp3) is 0.250. The van der Waals surface area contributed by atoms with E-state index in [9.17, 15) is 4.79 Å². The van der Waals surface area contributed by atoms with Crippen LogP contribution in [0.5, 0.6) is 5.75 Å². The normalized spacial score (nSPS) is 10.5. The summed E-state index contributed by atoms with van der Waals surface area (Å²) in [7, 11) is 1.60. The smallest absolute Gasteiger partial charge is 0.247 e. The molecule has 0 unspecified atom stereocenters.